The molecule has 0 aromatic heterocycles. The summed E-state index contributed by atoms with van der Waals surface area (Å²) in [5.74, 6) is 0.268. The zero-order valence-corrected chi connectivity index (χ0v) is 12.0. The molecule has 3 nitrogen and oxygen atoms in total. The van der Waals surface area contributed by atoms with E-state index in [9.17, 15) is 9.18 Å². The lowest BCUT2D eigenvalue weighted by Gasteiger charge is -2.09. The molecule has 1 aliphatic heterocycles. The first-order chi connectivity index (χ1) is 9.75. The summed E-state index contributed by atoms with van der Waals surface area (Å²) in [7, 11) is 0. The highest BCUT2D eigenvalue weighted by molar-refractivity contribution is 6.16. The van der Waals surface area contributed by atoms with Gasteiger partial charge in [0.2, 0.25) is 0 Å². The van der Waals surface area contributed by atoms with E-state index in [1.54, 1.807) is 6.07 Å². The molecule has 1 heterocycles. The number of benzene rings is 2. The van der Waals surface area contributed by atoms with Crippen LogP contribution in [0.4, 0.5) is 4.39 Å². The van der Waals surface area contributed by atoms with E-state index in [-0.39, 0.29) is 24.0 Å². The normalized spacial score (nSPS) is 13.1. The molecule has 1 aliphatic rings. The Morgan fingerprint density at radius 1 is 1.10 bits per heavy atom. The van der Waals surface area contributed by atoms with Crippen molar-refractivity contribution in [1.82, 2.24) is 5.32 Å². The van der Waals surface area contributed by atoms with Gasteiger partial charge in [-0.15, -0.1) is 12.4 Å². The van der Waals surface area contributed by atoms with E-state index in [2.05, 4.69) is 10.3 Å². The molecule has 0 bridgehead atoms. The summed E-state index contributed by atoms with van der Waals surface area (Å²) in [6.07, 6.45) is 0. The SMILES string of the molecule is Cl.O=C(c1ccc(F)cc1)c1ccccc1C1=NCCN1. The summed E-state index contributed by atoms with van der Waals surface area (Å²) in [4.78, 5) is 16.9. The highest BCUT2D eigenvalue weighted by Crippen LogP contribution is 2.16. The van der Waals surface area contributed by atoms with Crippen LogP contribution in [0.3, 0.4) is 0 Å². The van der Waals surface area contributed by atoms with Crippen LogP contribution in [0.5, 0.6) is 0 Å². The van der Waals surface area contributed by atoms with Gasteiger partial charge in [-0.3, -0.25) is 9.79 Å². The van der Waals surface area contributed by atoms with Crippen LogP contribution in [0.1, 0.15) is 21.5 Å². The van der Waals surface area contributed by atoms with Crippen molar-refractivity contribution in [3.05, 3.63) is 71.0 Å². The minimum Gasteiger partial charge on any atom is -0.368 e. The number of aliphatic imine (C=N–C) groups is 1. The number of nitrogens with zero attached hydrogens (tertiary/aromatic N) is 1. The van der Waals surface area contributed by atoms with Crippen LogP contribution >= 0.6 is 12.4 Å². The second-order valence-corrected chi connectivity index (χ2v) is 4.54. The van der Waals surface area contributed by atoms with Gasteiger partial charge in [-0.1, -0.05) is 24.3 Å². The van der Waals surface area contributed by atoms with Crippen molar-refractivity contribution >= 4 is 24.0 Å². The lowest BCUT2D eigenvalue weighted by molar-refractivity contribution is 0.103. The van der Waals surface area contributed by atoms with Crippen molar-refractivity contribution in [3.8, 4) is 0 Å². The smallest absolute Gasteiger partial charge is 0.193 e. The molecular weight excluding hydrogens is 291 g/mol. The molecule has 0 atom stereocenters. The molecule has 21 heavy (non-hydrogen) atoms. The first-order valence-electron chi connectivity index (χ1n) is 6.44. The van der Waals surface area contributed by atoms with Gasteiger partial charge in [0.05, 0.1) is 6.54 Å². The van der Waals surface area contributed by atoms with Gasteiger partial charge >= 0.3 is 0 Å². The number of hydrogen-bond acceptors (Lipinski definition) is 3. The molecule has 1 N–H and O–H groups in total. The first kappa shape index (κ1) is 15.2. The monoisotopic (exact) mass is 304 g/mol. The third-order valence-electron chi connectivity index (χ3n) is 3.21. The molecule has 0 saturated heterocycles. The van der Waals surface area contributed by atoms with Gasteiger partial charge in [0.25, 0.3) is 0 Å². The molecule has 2 aromatic carbocycles. The molecule has 0 saturated carbocycles. The molecule has 0 amide bonds. The van der Waals surface area contributed by atoms with Gasteiger partial charge in [-0.25, -0.2) is 4.39 Å². The van der Waals surface area contributed by atoms with Crippen LogP contribution in [-0.4, -0.2) is 24.7 Å². The fraction of sp³-hybridized carbons (Fsp3) is 0.125. The van der Waals surface area contributed by atoms with E-state index in [1.807, 2.05) is 18.2 Å². The standard InChI is InChI=1S/C16H13FN2O.ClH/c17-12-7-5-11(6-8-12)15(20)13-3-1-2-4-14(13)16-18-9-10-19-16;/h1-8H,9-10H2,(H,18,19);1H. The highest BCUT2D eigenvalue weighted by Gasteiger charge is 2.18. The Hall–Kier alpha value is -2.20. The minimum absolute atomic E-state index is 0. The van der Waals surface area contributed by atoms with Crippen LogP contribution < -0.4 is 5.32 Å². The van der Waals surface area contributed by atoms with E-state index >= 15 is 0 Å². The summed E-state index contributed by atoms with van der Waals surface area (Å²) in [5, 5.41) is 3.17. The molecule has 2 aromatic rings. The zero-order valence-electron chi connectivity index (χ0n) is 11.2. The molecule has 0 unspecified atom stereocenters. The second kappa shape index (κ2) is 6.50. The fourth-order valence-electron chi connectivity index (χ4n) is 2.22. The Morgan fingerprint density at radius 3 is 2.48 bits per heavy atom. The van der Waals surface area contributed by atoms with Crippen LogP contribution in [0.2, 0.25) is 0 Å². The lowest BCUT2D eigenvalue weighted by Crippen LogP contribution is -2.22. The topological polar surface area (TPSA) is 41.5 Å². The van der Waals surface area contributed by atoms with E-state index in [0.717, 1.165) is 17.9 Å². The molecule has 108 valence electrons. The molecular formula is C16H14ClFN2O. The highest BCUT2D eigenvalue weighted by atomic mass is 35.5. The number of ketones is 1. The van der Waals surface area contributed by atoms with Crippen LogP contribution in [0.15, 0.2) is 53.5 Å². The number of nitrogens with one attached hydrogen (secondary N) is 1. The quantitative estimate of drug-likeness (QED) is 0.886. The maximum atomic E-state index is 12.9. The Kier molecular flexibility index (Phi) is 4.70. The van der Waals surface area contributed by atoms with Gasteiger partial charge in [0.1, 0.15) is 11.7 Å². The molecule has 3 rings (SSSR count). The average molecular weight is 305 g/mol. The maximum Gasteiger partial charge on any atom is 0.193 e. The average Bonchev–Trinajstić information content (AvgIpc) is 3.01. The Labute approximate surface area is 128 Å². The number of carbonyl (C=O) groups excluding carboxylic acids is 1. The summed E-state index contributed by atoms with van der Waals surface area (Å²) in [5.41, 5.74) is 1.84. The van der Waals surface area contributed by atoms with Gasteiger partial charge in [0.15, 0.2) is 5.78 Å². The number of amidine groups is 1. The Balaban J connectivity index is 0.00000161. The first-order valence-corrected chi connectivity index (χ1v) is 6.44. The zero-order chi connectivity index (χ0) is 13.9. The predicted molar refractivity (Wildman–Crippen MR) is 82.9 cm³/mol. The Bertz CT molecular complexity index is 683. The van der Waals surface area contributed by atoms with E-state index in [1.165, 1.54) is 24.3 Å². The van der Waals surface area contributed by atoms with Crippen molar-refractivity contribution in [1.29, 1.82) is 0 Å². The molecule has 0 aliphatic carbocycles. The lowest BCUT2D eigenvalue weighted by atomic mass is 9.98. The number of halogens is 2. The summed E-state index contributed by atoms with van der Waals surface area (Å²) >= 11 is 0. The second-order valence-electron chi connectivity index (χ2n) is 4.54. The van der Waals surface area contributed by atoms with E-state index < -0.39 is 0 Å². The van der Waals surface area contributed by atoms with Crippen molar-refractivity contribution in [2.45, 2.75) is 0 Å². The van der Waals surface area contributed by atoms with Crippen molar-refractivity contribution < 1.29 is 9.18 Å². The number of rotatable bonds is 3. The van der Waals surface area contributed by atoms with Crippen LogP contribution in [-0.2, 0) is 0 Å². The maximum absolute atomic E-state index is 12.9. The summed E-state index contributed by atoms with van der Waals surface area (Å²) < 4.78 is 12.9. The minimum atomic E-state index is -0.350. The van der Waals surface area contributed by atoms with Crippen LogP contribution in [0, 0.1) is 5.82 Å². The van der Waals surface area contributed by atoms with Crippen molar-refractivity contribution in [2.75, 3.05) is 13.1 Å². The fourth-order valence-corrected chi connectivity index (χ4v) is 2.22. The van der Waals surface area contributed by atoms with Gasteiger partial charge in [-0.2, -0.15) is 0 Å². The van der Waals surface area contributed by atoms with Gasteiger partial charge in [0, 0.05) is 23.2 Å². The predicted octanol–water partition coefficient (Wildman–Crippen LogP) is 2.83. The van der Waals surface area contributed by atoms with Crippen molar-refractivity contribution in [2.24, 2.45) is 4.99 Å². The third-order valence-corrected chi connectivity index (χ3v) is 3.21. The van der Waals surface area contributed by atoms with Gasteiger partial charge in [-0.05, 0) is 24.3 Å². The molecule has 5 heteroatoms. The summed E-state index contributed by atoms with van der Waals surface area (Å²) in [6.45, 7) is 1.50. The van der Waals surface area contributed by atoms with Gasteiger partial charge < -0.3 is 5.32 Å². The van der Waals surface area contributed by atoms with Crippen molar-refractivity contribution in [3.63, 3.8) is 0 Å². The van der Waals surface area contributed by atoms with E-state index in [4.69, 9.17) is 0 Å². The number of hydrogen-bond donors (Lipinski definition) is 1. The molecule has 0 fully saturated rings. The Morgan fingerprint density at radius 2 is 1.81 bits per heavy atom. The number of carbonyl (C=O) groups is 1. The van der Waals surface area contributed by atoms with Crippen LogP contribution in [0.25, 0.3) is 0 Å². The molecule has 0 radical (unpaired) electrons. The summed E-state index contributed by atoms with van der Waals surface area (Å²) in [6, 6.07) is 12.9. The molecule has 0 spiro atoms. The third kappa shape index (κ3) is 3.11. The largest absolute Gasteiger partial charge is 0.368 e. The van der Waals surface area contributed by atoms with E-state index in [0.29, 0.717) is 17.7 Å².